The van der Waals surface area contributed by atoms with E-state index in [2.05, 4.69) is 9.88 Å². The summed E-state index contributed by atoms with van der Waals surface area (Å²) in [6.45, 7) is 6.29. The lowest BCUT2D eigenvalue weighted by molar-refractivity contribution is 0.0188. The minimum absolute atomic E-state index is 0.0201. The molecule has 3 rings (SSSR count). The Bertz CT molecular complexity index is 743. The van der Waals surface area contributed by atoms with Crippen LogP contribution in [-0.2, 0) is 11.3 Å². The van der Waals surface area contributed by atoms with Gasteiger partial charge in [0.05, 0.1) is 30.2 Å². The number of aromatic nitrogens is 2. The number of morpholine rings is 1. The van der Waals surface area contributed by atoms with E-state index in [0.717, 1.165) is 26.3 Å². The molecule has 1 atom stereocenters. The van der Waals surface area contributed by atoms with Crippen LogP contribution in [0, 0.1) is 0 Å². The number of hydrogen-bond acceptors (Lipinski definition) is 6. The zero-order valence-corrected chi connectivity index (χ0v) is 14.7. The first-order valence-electron chi connectivity index (χ1n) is 8.29. The molecule has 2 aromatic rings. The summed E-state index contributed by atoms with van der Waals surface area (Å²) in [6, 6.07) is 7.39. The number of rotatable bonds is 6. The molecule has 7 heteroatoms. The molecule has 130 valence electrons. The van der Waals surface area contributed by atoms with Crippen LogP contribution in [0.15, 0.2) is 34.2 Å². The second kappa shape index (κ2) is 8.11. The lowest BCUT2D eigenvalue weighted by atomic mass is 10.2. The molecular weight excluding hydrogens is 326 g/mol. The predicted molar refractivity (Wildman–Crippen MR) is 95.7 cm³/mol. The highest BCUT2D eigenvalue weighted by Gasteiger charge is 2.17. The summed E-state index contributed by atoms with van der Waals surface area (Å²) in [6.07, 6.45) is -0.457. The van der Waals surface area contributed by atoms with Crippen LogP contribution in [0.2, 0.25) is 0 Å². The minimum atomic E-state index is -0.457. The summed E-state index contributed by atoms with van der Waals surface area (Å²) in [5.41, 5.74) is 0.686. The Morgan fingerprint density at radius 1 is 1.33 bits per heavy atom. The van der Waals surface area contributed by atoms with Crippen molar-refractivity contribution in [2.24, 2.45) is 0 Å². The molecule has 6 nitrogen and oxygen atoms in total. The SMILES string of the molecule is CCn1c(SC[C@H](O)CN2CCOCC2)nc2ccccc2c1=O. The van der Waals surface area contributed by atoms with Gasteiger partial charge in [-0.2, -0.15) is 0 Å². The Balaban J connectivity index is 1.71. The van der Waals surface area contributed by atoms with E-state index in [1.54, 1.807) is 10.6 Å². The van der Waals surface area contributed by atoms with Crippen molar-refractivity contribution in [1.82, 2.24) is 14.5 Å². The number of nitrogens with zero attached hydrogens (tertiary/aromatic N) is 3. The standard InChI is InChI=1S/C17H23N3O3S/c1-2-20-16(22)14-5-3-4-6-15(14)18-17(20)24-12-13(21)11-19-7-9-23-10-8-19/h3-6,13,21H,2,7-12H2,1H3/t13-/m1/s1. The van der Waals surface area contributed by atoms with E-state index in [4.69, 9.17) is 4.74 Å². The first kappa shape index (κ1) is 17.4. The van der Waals surface area contributed by atoms with Gasteiger partial charge in [-0.15, -0.1) is 0 Å². The molecule has 0 radical (unpaired) electrons. The van der Waals surface area contributed by atoms with E-state index in [1.807, 2.05) is 25.1 Å². The van der Waals surface area contributed by atoms with Gasteiger partial charge in [-0.1, -0.05) is 23.9 Å². The number of benzene rings is 1. The van der Waals surface area contributed by atoms with E-state index in [9.17, 15) is 9.90 Å². The third-order valence-electron chi connectivity index (χ3n) is 4.12. The molecule has 2 heterocycles. The second-order valence-corrected chi connectivity index (χ2v) is 6.83. The normalized spacial score (nSPS) is 17.2. The monoisotopic (exact) mass is 349 g/mol. The van der Waals surface area contributed by atoms with Crippen molar-refractivity contribution < 1.29 is 9.84 Å². The summed E-state index contributed by atoms with van der Waals surface area (Å²) in [7, 11) is 0. The molecule has 0 bridgehead atoms. The molecule has 0 saturated carbocycles. The number of para-hydroxylation sites is 1. The molecule has 1 aliphatic heterocycles. The average Bonchev–Trinajstić information content (AvgIpc) is 2.61. The van der Waals surface area contributed by atoms with E-state index < -0.39 is 6.10 Å². The molecule has 1 aliphatic rings. The van der Waals surface area contributed by atoms with Gasteiger partial charge in [0.2, 0.25) is 0 Å². The van der Waals surface area contributed by atoms with Crippen molar-refractivity contribution in [2.75, 3.05) is 38.6 Å². The summed E-state index contributed by atoms with van der Waals surface area (Å²) in [5, 5.41) is 11.6. The lowest BCUT2D eigenvalue weighted by Crippen LogP contribution is -2.41. The van der Waals surface area contributed by atoms with Crippen molar-refractivity contribution in [1.29, 1.82) is 0 Å². The summed E-state index contributed by atoms with van der Waals surface area (Å²) < 4.78 is 6.99. The third-order valence-corrected chi connectivity index (χ3v) is 5.24. The number of ether oxygens (including phenoxy) is 1. The number of β-amino-alcohol motifs (C(OH)–C–C–N with tert-alkyl or cyclic N) is 1. The Morgan fingerprint density at radius 2 is 2.08 bits per heavy atom. The number of hydrogen-bond donors (Lipinski definition) is 1. The van der Waals surface area contributed by atoms with Crippen LogP contribution >= 0.6 is 11.8 Å². The van der Waals surface area contributed by atoms with Crippen molar-refractivity contribution in [3.8, 4) is 0 Å². The van der Waals surface area contributed by atoms with E-state index in [0.29, 0.717) is 34.9 Å². The van der Waals surface area contributed by atoms with Gasteiger partial charge in [-0.05, 0) is 19.1 Å². The average molecular weight is 349 g/mol. The first-order valence-corrected chi connectivity index (χ1v) is 9.28. The maximum Gasteiger partial charge on any atom is 0.262 e. The maximum absolute atomic E-state index is 12.6. The largest absolute Gasteiger partial charge is 0.391 e. The maximum atomic E-state index is 12.6. The zero-order chi connectivity index (χ0) is 16.9. The molecule has 0 unspecified atom stereocenters. The van der Waals surface area contributed by atoms with E-state index in [-0.39, 0.29) is 5.56 Å². The highest BCUT2D eigenvalue weighted by Crippen LogP contribution is 2.19. The van der Waals surface area contributed by atoms with Gasteiger partial charge in [0.25, 0.3) is 5.56 Å². The van der Waals surface area contributed by atoms with Crippen LogP contribution in [0.25, 0.3) is 10.9 Å². The van der Waals surface area contributed by atoms with Gasteiger partial charge in [-0.25, -0.2) is 4.98 Å². The lowest BCUT2D eigenvalue weighted by Gasteiger charge is -2.28. The van der Waals surface area contributed by atoms with Gasteiger partial charge in [-0.3, -0.25) is 14.3 Å². The van der Waals surface area contributed by atoms with Crippen LogP contribution < -0.4 is 5.56 Å². The number of fused-ring (bicyclic) bond motifs is 1. The summed E-state index contributed by atoms with van der Waals surface area (Å²) in [4.78, 5) is 19.4. The van der Waals surface area contributed by atoms with Gasteiger partial charge in [0.15, 0.2) is 5.16 Å². The van der Waals surface area contributed by atoms with Gasteiger partial charge in [0, 0.05) is 31.9 Å². The first-order chi connectivity index (χ1) is 11.7. The van der Waals surface area contributed by atoms with E-state index in [1.165, 1.54) is 11.8 Å². The molecule has 0 amide bonds. The molecular formula is C17H23N3O3S. The van der Waals surface area contributed by atoms with Crippen LogP contribution in [0.4, 0.5) is 0 Å². The molecule has 0 aliphatic carbocycles. The van der Waals surface area contributed by atoms with Crippen molar-refractivity contribution in [3.63, 3.8) is 0 Å². The van der Waals surface area contributed by atoms with Crippen molar-refractivity contribution >= 4 is 22.7 Å². The number of aliphatic hydroxyl groups excluding tert-OH is 1. The molecule has 1 saturated heterocycles. The fraction of sp³-hybridized carbons (Fsp3) is 0.529. The molecule has 0 spiro atoms. The highest BCUT2D eigenvalue weighted by atomic mass is 32.2. The second-order valence-electron chi connectivity index (χ2n) is 5.84. The molecule has 1 aromatic heterocycles. The molecule has 1 fully saturated rings. The van der Waals surface area contributed by atoms with Crippen molar-refractivity contribution in [2.45, 2.75) is 24.7 Å². The Morgan fingerprint density at radius 3 is 2.83 bits per heavy atom. The van der Waals surface area contributed by atoms with Crippen LogP contribution in [0.3, 0.4) is 0 Å². The Hall–Kier alpha value is -1.41. The van der Waals surface area contributed by atoms with Crippen molar-refractivity contribution in [3.05, 3.63) is 34.6 Å². The Labute approximate surface area is 145 Å². The highest BCUT2D eigenvalue weighted by molar-refractivity contribution is 7.99. The van der Waals surface area contributed by atoms with E-state index >= 15 is 0 Å². The fourth-order valence-corrected chi connectivity index (χ4v) is 3.82. The van der Waals surface area contributed by atoms with Crippen LogP contribution in [-0.4, -0.2) is 64.3 Å². The Kier molecular flexibility index (Phi) is 5.89. The third kappa shape index (κ3) is 3.97. The summed E-state index contributed by atoms with van der Waals surface area (Å²) >= 11 is 1.44. The molecule has 1 N–H and O–H groups in total. The molecule has 1 aromatic carbocycles. The van der Waals surface area contributed by atoms with Gasteiger partial charge >= 0.3 is 0 Å². The number of aliphatic hydroxyl groups is 1. The minimum Gasteiger partial charge on any atom is -0.391 e. The zero-order valence-electron chi connectivity index (χ0n) is 13.9. The van der Waals surface area contributed by atoms with Gasteiger partial charge in [0.1, 0.15) is 0 Å². The summed E-state index contributed by atoms with van der Waals surface area (Å²) in [5.74, 6) is 0.516. The molecule has 24 heavy (non-hydrogen) atoms. The fourth-order valence-electron chi connectivity index (χ4n) is 2.84. The topological polar surface area (TPSA) is 67.6 Å². The number of thioether (sulfide) groups is 1. The smallest absolute Gasteiger partial charge is 0.262 e. The van der Waals surface area contributed by atoms with Crippen LogP contribution in [0.1, 0.15) is 6.92 Å². The van der Waals surface area contributed by atoms with Crippen LogP contribution in [0.5, 0.6) is 0 Å². The predicted octanol–water partition coefficient (Wildman–Crippen LogP) is 1.20. The van der Waals surface area contributed by atoms with Gasteiger partial charge < -0.3 is 9.84 Å². The quantitative estimate of drug-likeness (QED) is 0.624.